The molecule has 2 amide bonds. The van der Waals surface area contributed by atoms with E-state index in [9.17, 15) is 9.59 Å². The normalized spacial score (nSPS) is 27.6. The summed E-state index contributed by atoms with van der Waals surface area (Å²) in [6.45, 7) is 0.164. The van der Waals surface area contributed by atoms with Crippen LogP contribution in [0.25, 0.3) is 0 Å². The summed E-state index contributed by atoms with van der Waals surface area (Å²) in [5.74, 6) is -0.162. The molecular weight excluding hydrogens is 250 g/mol. The molecule has 1 aliphatic heterocycles. The number of carbonyl (C=O) groups excluding carboxylic acids is 2. The fraction of sp³-hybridized carbons (Fsp3) is 0.583. The zero-order valence-corrected chi connectivity index (χ0v) is 10.8. The molecule has 5 nitrogen and oxygen atoms in total. The summed E-state index contributed by atoms with van der Waals surface area (Å²) in [6.07, 6.45) is 4.19. The van der Waals surface area contributed by atoms with Crippen LogP contribution in [0.1, 0.15) is 36.2 Å². The molecule has 0 aromatic carbocycles. The van der Waals surface area contributed by atoms with Crippen LogP contribution in [0.4, 0.5) is 0 Å². The van der Waals surface area contributed by atoms with Crippen LogP contribution in [0, 0.1) is 0 Å². The molecule has 0 unspecified atom stereocenters. The third-order valence-electron chi connectivity index (χ3n) is 3.70. The maximum Gasteiger partial charge on any atom is 0.274 e. The van der Waals surface area contributed by atoms with Crippen molar-refractivity contribution in [3.8, 4) is 0 Å². The van der Waals surface area contributed by atoms with Crippen LogP contribution >= 0.6 is 11.3 Å². The van der Waals surface area contributed by atoms with Gasteiger partial charge in [-0.25, -0.2) is 4.98 Å². The number of piperazine rings is 1. The molecule has 18 heavy (non-hydrogen) atoms. The van der Waals surface area contributed by atoms with E-state index in [0.717, 1.165) is 25.7 Å². The lowest BCUT2D eigenvalue weighted by Crippen LogP contribution is -2.62. The van der Waals surface area contributed by atoms with Crippen LogP contribution in [-0.2, 0) is 4.79 Å². The van der Waals surface area contributed by atoms with Crippen molar-refractivity contribution in [2.24, 2.45) is 0 Å². The summed E-state index contributed by atoms with van der Waals surface area (Å²) in [6, 6.07) is 0.272. The summed E-state index contributed by atoms with van der Waals surface area (Å²) in [7, 11) is 0. The van der Waals surface area contributed by atoms with Crippen molar-refractivity contribution in [3.05, 3.63) is 16.6 Å². The molecule has 6 heteroatoms. The second kappa shape index (κ2) is 4.68. The van der Waals surface area contributed by atoms with Crippen molar-refractivity contribution in [1.29, 1.82) is 0 Å². The number of rotatable bonds is 1. The quantitative estimate of drug-likeness (QED) is 0.825. The van der Waals surface area contributed by atoms with E-state index in [1.807, 2.05) is 0 Å². The number of aromatic nitrogens is 1. The van der Waals surface area contributed by atoms with Gasteiger partial charge in [-0.3, -0.25) is 9.59 Å². The number of nitrogens with one attached hydrogen (secondary N) is 1. The Hall–Kier alpha value is -1.43. The van der Waals surface area contributed by atoms with E-state index in [1.165, 1.54) is 11.3 Å². The van der Waals surface area contributed by atoms with Crippen LogP contribution in [0.3, 0.4) is 0 Å². The van der Waals surface area contributed by atoms with Crippen molar-refractivity contribution < 1.29 is 9.59 Å². The van der Waals surface area contributed by atoms with Crippen LogP contribution in [0.2, 0.25) is 0 Å². The summed E-state index contributed by atoms with van der Waals surface area (Å²) < 4.78 is 0. The Labute approximate surface area is 109 Å². The third kappa shape index (κ3) is 2.01. The average Bonchev–Trinajstić information content (AvgIpc) is 2.90. The topological polar surface area (TPSA) is 62.3 Å². The van der Waals surface area contributed by atoms with E-state index >= 15 is 0 Å². The number of nitrogens with zero attached hydrogens (tertiary/aromatic N) is 2. The molecule has 2 atom stereocenters. The maximum absolute atomic E-state index is 12.4. The van der Waals surface area contributed by atoms with E-state index in [2.05, 4.69) is 10.3 Å². The van der Waals surface area contributed by atoms with Crippen molar-refractivity contribution in [2.75, 3.05) is 6.54 Å². The Morgan fingerprint density at radius 3 is 3.06 bits per heavy atom. The van der Waals surface area contributed by atoms with Gasteiger partial charge in [0.25, 0.3) is 5.91 Å². The molecule has 1 aromatic rings. The fourth-order valence-electron chi connectivity index (χ4n) is 2.86. The lowest BCUT2D eigenvalue weighted by atomic mass is 9.87. The Bertz CT molecular complexity index is 460. The number of amides is 2. The van der Waals surface area contributed by atoms with Crippen molar-refractivity contribution in [1.82, 2.24) is 15.2 Å². The summed E-state index contributed by atoms with van der Waals surface area (Å²) in [5, 5.41) is 4.74. The second-order valence-corrected chi connectivity index (χ2v) is 5.55. The molecule has 2 heterocycles. The lowest BCUT2D eigenvalue weighted by Gasteiger charge is -2.43. The Morgan fingerprint density at radius 2 is 2.28 bits per heavy atom. The minimum atomic E-state index is -0.108. The van der Waals surface area contributed by atoms with Gasteiger partial charge in [0, 0.05) is 11.4 Å². The van der Waals surface area contributed by atoms with Gasteiger partial charge in [0.2, 0.25) is 5.91 Å². The minimum absolute atomic E-state index is 0.0540. The molecule has 2 fully saturated rings. The van der Waals surface area contributed by atoms with E-state index in [-0.39, 0.29) is 30.4 Å². The average molecular weight is 265 g/mol. The van der Waals surface area contributed by atoms with Crippen molar-refractivity contribution in [3.63, 3.8) is 0 Å². The first-order chi connectivity index (χ1) is 8.75. The number of fused-ring (bicyclic) bond motifs is 1. The molecule has 1 saturated carbocycles. The Balaban J connectivity index is 1.84. The van der Waals surface area contributed by atoms with Gasteiger partial charge in [-0.05, 0) is 12.8 Å². The van der Waals surface area contributed by atoms with Gasteiger partial charge in [0.05, 0.1) is 11.6 Å². The first kappa shape index (κ1) is 11.6. The summed E-state index contributed by atoms with van der Waals surface area (Å²) >= 11 is 1.40. The van der Waals surface area contributed by atoms with Gasteiger partial charge in [-0.2, -0.15) is 0 Å². The third-order valence-corrected chi connectivity index (χ3v) is 4.29. The predicted octanol–water partition coefficient (Wildman–Crippen LogP) is 1.03. The van der Waals surface area contributed by atoms with Crippen molar-refractivity contribution in [2.45, 2.75) is 37.8 Å². The molecule has 2 aliphatic rings. The molecule has 3 rings (SSSR count). The van der Waals surface area contributed by atoms with Gasteiger partial charge in [0.1, 0.15) is 12.2 Å². The zero-order chi connectivity index (χ0) is 12.5. The summed E-state index contributed by atoms with van der Waals surface area (Å²) in [4.78, 5) is 29.8. The highest BCUT2D eigenvalue weighted by atomic mass is 32.1. The monoisotopic (exact) mass is 265 g/mol. The maximum atomic E-state index is 12.4. The molecule has 0 bridgehead atoms. The van der Waals surface area contributed by atoms with E-state index in [0.29, 0.717) is 5.69 Å². The Morgan fingerprint density at radius 1 is 1.44 bits per heavy atom. The molecule has 96 valence electrons. The van der Waals surface area contributed by atoms with Gasteiger partial charge in [-0.15, -0.1) is 11.3 Å². The fourth-order valence-corrected chi connectivity index (χ4v) is 3.39. The SMILES string of the molecule is O=C1CN(C(=O)c2cscn2)[C@H]2CCCC[C@H]2N1. The zero-order valence-electron chi connectivity index (χ0n) is 9.96. The minimum Gasteiger partial charge on any atom is -0.350 e. The van der Waals surface area contributed by atoms with E-state index in [4.69, 9.17) is 0 Å². The van der Waals surface area contributed by atoms with Crippen LogP contribution in [-0.4, -0.2) is 40.3 Å². The molecule has 0 radical (unpaired) electrons. The summed E-state index contributed by atoms with van der Waals surface area (Å²) in [5.41, 5.74) is 2.11. The first-order valence-corrected chi connectivity index (χ1v) is 7.18. The highest BCUT2D eigenvalue weighted by Crippen LogP contribution is 2.26. The standard InChI is InChI=1S/C12H15N3O2S/c16-11-5-15(12(17)9-6-18-7-13-9)10-4-2-1-3-8(10)14-11/h6-8,10H,1-5H2,(H,14,16)/t8-,10+/m1/s1. The van der Waals surface area contributed by atoms with Crippen LogP contribution < -0.4 is 5.32 Å². The van der Waals surface area contributed by atoms with Gasteiger partial charge < -0.3 is 10.2 Å². The van der Waals surface area contributed by atoms with Crippen LogP contribution in [0.15, 0.2) is 10.9 Å². The first-order valence-electron chi connectivity index (χ1n) is 6.24. The molecule has 1 saturated heterocycles. The van der Waals surface area contributed by atoms with Gasteiger partial charge in [0.15, 0.2) is 0 Å². The number of carbonyl (C=O) groups is 2. The number of thiazole rings is 1. The lowest BCUT2D eigenvalue weighted by molar-refractivity contribution is -0.127. The molecule has 0 spiro atoms. The van der Waals surface area contributed by atoms with Gasteiger partial charge >= 0.3 is 0 Å². The van der Waals surface area contributed by atoms with Crippen LogP contribution in [0.5, 0.6) is 0 Å². The predicted molar refractivity (Wildman–Crippen MR) is 67.3 cm³/mol. The molecule has 1 aromatic heterocycles. The van der Waals surface area contributed by atoms with Crippen molar-refractivity contribution >= 4 is 23.2 Å². The largest absolute Gasteiger partial charge is 0.350 e. The molecule has 1 aliphatic carbocycles. The highest BCUT2D eigenvalue weighted by Gasteiger charge is 2.39. The molecule has 1 N–H and O–H groups in total. The van der Waals surface area contributed by atoms with Gasteiger partial charge in [-0.1, -0.05) is 12.8 Å². The molecular formula is C12H15N3O2S. The second-order valence-electron chi connectivity index (χ2n) is 4.83. The number of hydrogen-bond donors (Lipinski definition) is 1. The highest BCUT2D eigenvalue weighted by molar-refractivity contribution is 7.07. The number of hydrogen-bond acceptors (Lipinski definition) is 4. The van der Waals surface area contributed by atoms with E-state index < -0.39 is 0 Å². The van der Waals surface area contributed by atoms with E-state index in [1.54, 1.807) is 15.8 Å². The Kier molecular flexibility index (Phi) is 3.03. The smallest absolute Gasteiger partial charge is 0.274 e.